The van der Waals surface area contributed by atoms with Crippen LogP contribution in [0.15, 0.2) is 30.9 Å². The van der Waals surface area contributed by atoms with Crippen LogP contribution in [0.3, 0.4) is 0 Å². The summed E-state index contributed by atoms with van der Waals surface area (Å²) in [5.74, 6) is -2.98. The standard InChI is InChI=1S/C15H13F4N5O2/c16-11-4-10(1-2-12(11)24-8-20-7-21-24)22-14(26)9-3-13(25)23(5-9)6-15(17,18)19/h1-2,4,7-9H,3,5-6H2,(H,22,26). The van der Waals surface area contributed by atoms with Crippen molar-refractivity contribution < 1.29 is 27.2 Å². The SMILES string of the molecule is O=C(Nc1ccc(-n2cncn2)c(F)c1)C1CC(=O)N(CC(F)(F)F)C1. The number of hydrogen-bond acceptors (Lipinski definition) is 4. The molecule has 1 aliphatic heterocycles. The molecule has 26 heavy (non-hydrogen) atoms. The third-order valence-electron chi connectivity index (χ3n) is 3.84. The van der Waals surface area contributed by atoms with Crippen LogP contribution in [-0.2, 0) is 9.59 Å². The number of nitrogens with zero attached hydrogens (tertiary/aromatic N) is 4. The van der Waals surface area contributed by atoms with Crippen LogP contribution >= 0.6 is 0 Å². The summed E-state index contributed by atoms with van der Waals surface area (Å²) in [6, 6.07) is 3.84. The summed E-state index contributed by atoms with van der Waals surface area (Å²) >= 11 is 0. The van der Waals surface area contributed by atoms with Gasteiger partial charge < -0.3 is 10.2 Å². The van der Waals surface area contributed by atoms with E-state index >= 15 is 0 Å². The summed E-state index contributed by atoms with van der Waals surface area (Å²) in [5.41, 5.74) is 0.242. The van der Waals surface area contributed by atoms with Crippen LogP contribution in [0.5, 0.6) is 0 Å². The Morgan fingerprint density at radius 3 is 2.73 bits per heavy atom. The van der Waals surface area contributed by atoms with Crippen LogP contribution in [0.4, 0.5) is 23.2 Å². The largest absolute Gasteiger partial charge is 0.406 e. The molecule has 0 spiro atoms. The lowest BCUT2D eigenvalue weighted by Crippen LogP contribution is -2.36. The molecule has 2 amide bonds. The van der Waals surface area contributed by atoms with Crippen molar-refractivity contribution >= 4 is 17.5 Å². The van der Waals surface area contributed by atoms with Gasteiger partial charge in [-0.25, -0.2) is 14.1 Å². The minimum absolute atomic E-state index is 0.118. The number of likely N-dealkylation sites (tertiary alicyclic amines) is 1. The molecule has 2 aromatic rings. The maximum atomic E-state index is 14.1. The second kappa shape index (κ2) is 6.73. The zero-order chi connectivity index (χ0) is 18.9. The molecular formula is C15H13F4N5O2. The number of hydrogen-bond donors (Lipinski definition) is 1. The van der Waals surface area contributed by atoms with Gasteiger partial charge in [0.05, 0.1) is 5.92 Å². The van der Waals surface area contributed by atoms with Gasteiger partial charge in [0.2, 0.25) is 11.8 Å². The molecule has 1 aromatic heterocycles. The minimum atomic E-state index is -4.53. The molecule has 11 heteroatoms. The monoisotopic (exact) mass is 371 g/mol. The van der Waals surface area contributed by atoms with E-state index in [1.165, 1.54) is 29.5 Å². The van der Waals surface area contributed by atoms with Crippen molar-refractivity contribution in [3.63, 3.8) is 0 Å². The minimum Gasteiger partial charge on any atom is -0.333 e. The van der Waals surface area contributed by atoms with Gasteiger partial charge >= 0.3 is 6.18 Å². The van der Waals surface area contributed by atoms with Crippen molar-refractivity contribution in [3.05, 3.63) is 36.7 Å². The normalized spacial score (nSPS) is 17.6. The molecule has 0 bridgehead atoms. The summed E-state index contributed by atoms with van der Waals surface area (Å²) < 4.78 is 52.5. The van der Waals surface area contributed by atoms with Gasteiger partial charge in [-0.2, -0.15) is 18.3 Å². The van der Waals surface area contributed by atoms with Gasteiger partial charge in [0.15, 0.2) is 5.82 Å². The first-order chi connectivity index (χ1) is 12.2. The fraction of sp³-hybridized carbons (Fsp3) is 0.333. The fourth-order valence-corrected chi connectivity index (χ4v) is 2.66. The molecule has 2 heterocycles. The van der Waals surface area contributed by atoms with Gasteiger partial charge in [0.25, 0.3) is 0 Å². The van der Waals surface area contributed by atoms with E-state index in [1.54, 1.807) is 0 Å². The summed E-state index contributed by atoms with van der Waals surface area (Å²) in [5, 5.41) is 6.21. The fourth-order valence-electron chi connectivity index (χ4n) is 2.66. The molecule has 0 radical (unpaired) electrons. The summed E-state index contributed by atoms with van der Waals surface area (Å²) in [6.45, 7) is -1.72. The quantitative estimate of drug-likeness (QED) is 0.831. The summed E-state index contributed by atoms with van der Waals surface area (Å²) in [7, 11) is 0. The lowest BCUT2D eigenvalue weighted by Gasteiger charge is -2.18. The highest BCUT2D eigenvalue weighted by molar-refractivity contribution is 5.97. The average molecular weight is 371 g/mol. The first kappa shape index (κ1) is 17.8. The molecule has 1 aliphatic rings. The van der Waals surface area contributed by atoms with Crippen molar-refractivity contribution in [2.45, 2.75) is 12.6 Å². The smallest absolute Gasteiger partial charge is 0.333 e. The van der Waals surface area contributed by atoms with E-state index in [0.717, 1.165) is 6.07 Å². The van der Waals surface area contributed by atoms with Crippen LogP contribution in [0.2, 0.25) is 0 Å². The third kappa shape index (κ3) is 3.98. The highest BCUT2D eigenvalue weighted by Crippen LogP contribution is 2.25. The molecule has 3 rings (SSSR count). The van der Waals surface area contributed by atoms with Crippen LogP contribution in [0.1, 0.15) is 6.42 Å². The van der Waals surface area contributed by atoms with Crippen LogP contribution in [0, 0.1) is 11.7 Å². The number of carbonyl (C=O) groups excluding carboxylic acids is 2. The zero-order valence-electron chi connectivity index (χ0n) is 13.2. The van der Waals surface area contributed by atoms with Crippen molar-refractivity contribution in [1.29, 1.82) is 0 Å². The molecule has 138 valence electrons. The Bertz CT molecular complexity index is 822. The molecule has 0 aliphatic carbocycles. The van der Waals surface area contributed by atoms with Gasteiger partial charge in [-0.3, -0.25) is 9.59 Å². The van der Waals surface area contributed by atoms with E-state index in [1.807, 2.05) is 0 Å². The van der Waals surface area contributed by atoms with Crippen LogP contribution < -0.4 is 5.32 Å². The van der Waals surface area contributed by atoms with Crippen LogP contribution in [0.25, 0.3) is 5.69 Å². The number of amides is 2. The number of rotatable bonds is 4. The van der Waals surface area contributed by atoms with Gasteiger partial charge in [-0.05, 0) is 18.2 Å². The molecular weight excluding hydrogens is 358 g/mol. The predicted molar refractivity (Wildman–Crippen MR) is 80.7 cm³/mol. The molecule has 0 saturated carbocycles. The highest BCUT2D eigenvalue weighted by atomic mass is 19.4. The number of nitrogens with one attached hydrogen (secondary N) is 1. The topological polar surface area (TPSA) is 80.1 Å². The Morgan fingerprint density at radius 1 is 1.35 bits per heavy atom. The average Bonchev–Trinajstić information content (AvgIpc) is 3.17. The number of benzene rings is 1. The molecule has 1 unspecified atom stereocenters. The second-order valence-electron chi connectivity index (χ2n) is 5.79. The molecule has 1 fully saturated rings. The molecule has 1 N–H and O–H groups in total. The van der Waals surface area contributed by atoms with E-state index < -0.39 is 36.3 Å². The van der Waals surface area contributed by atoms with E-state index in [2.05, 4.69) is 15.4 Å². The highest BCUT2D eigenvalue weighted by Gasteiger charge is 2.40. The first-order valence-electron chi connectivity index (χ1n) is 7.53. The summed E-state index contributed by atoms with van der Waals surface area (Å²) in [6.07, 6.45) is -2.31. The second-order valence-corrected chi connectivity index (χ2v) is 5.79. The molecule has 1 atom stereocenters. The van der Waals surface area contributed by atoms with E-state index in [9.17, 15) is 27.2 Å². The van der Waals surface area contributed by atoms with Crippen LogP contribution in [-0.4, -0.2) is 50.7 Å². The molecule has 1 aromatic carbocycles. The van der Waals surface area contributed by atoms with Gasteiger partial charge in [0.1, 0.15) is 24.9 Å². The lowest BCUT2D eigenvalue weighted by atomic mass is 10.1. The van der Waals surface area contributed by atoms with E-state index in [4.69, 9.17) is 0 Å². The Labute approximate surface area is 144 Å². The molecule has 1 saturated heterocycles. The van der Waals surface area contributed by atoms with E-state index in [-0.39, 0.29) is 24.3 Å². The maximum Gasteiger partial charge on any atom is 0.406 e. The zero-order valence-corrected chi connectivity index (χ0v) is 13.2. The predicted octanol–water partition coefficient (Wildman–Crippen LogP) is 1.76. The van der Waals surface area contributed by atoms with Crippen molar-refractivity contribution in [3.8, 4) is 5.69 Å². The van der Waals surface area contributed by atoms with Gasteiger partial charge in [-0.15, -0.1) is 0 Å². The Balaban J connectivity index is 1.65. The number of alkyl halides is 3. The number of halogens is 4. The number of carbonyl (C=O) groups is 2. The number of aromatic nitrogens is 3. The first-order valence-corrected chi connectivity index (χ1v) is 7.53. The summed E-state index contributed by atoms with van der Waals surface area (Å²) in [4.78, 5) is 28.1. The Morgan fingerprint density at radius 2 is 2.12 bits per heavy atom. The third-order valence-corrected chi connectivity index (χ3v) is 3.84. The van der Waals surface area contributed by atoms with Crippen molar-refractivity contribution in [2.75, 3.05) is 18.4 Å². The maximum absolute atomic E-state index is 14.1. The van der Waals surface area contributed by atoms with E-state index in [0.29, 0.717) is 4.90 Å². The Hall–Kier alpha value is -2.98. The van der Waals surface area contributed by atoms with Crippen molar-refractivity contribution in [1.82, 2.24) is 19.7 Å². The number of anilines is 1. The molecule has 7 nitrogen and oxygen atoms in total. The Kier molecular flexibility index (Phi) is 4.62. The van der Waals surface area contributed by atoms with Gasteiger partial charge in [-0.1, -0.05) is 0 Å². The van der Waals surface area contributed by atoms with Crippen molar-refractivity contribution in [2.24, 2.45) is 5.92 Å². The van der Waals surface area contributed by atoms with Gasteiger partial charge in [0, 0.05) is 18.7 Å². The lowest BCUT2D eigenvalue weighted by molar-refractivity contribution is -0.157.